The van der Waals surface area contributed by atoms with Gasteiger partial charge in [-0.3, -0.25) is 9.59 Å². The average Bonchev–Trinajstić information content (AvgIpc) is 2.70. The minimum absolute atomic E-state index is 0.0800. The Labute approximate surface area is 191 Å². The highest BCUT2D eigenvalue weighted by atomic mass is 35.5. The van der Waals surface area contributed by atoms with Crippen molar-refractivity contribution in [3.63, 3.8) is 0 Å². The van der Waals surface area contributed by atoms with Crippen LogP contribution in [0, 0.1) is 12.8 Å². The molecule has 0 fully saturated rings. The molecule has 31 heavy (non-hydrogen) atoms. The highest BCUT2D eigenvalue weighted by Crippen LogP contribution is 2.47. The second-order valence-corrected chi connectivity index (χ2v) is 9.02. The molecule has 0 N–H and O–H groups in total. The van der Waals surface area contributed by atoms with E-state index in [0.29, 0.717) is 35.2 Å². The van der Waals surface area contributed by atoms with Gasteiger partial charge in [0.05, 0.1) is 0 Å². The molecule has 2 atom stereocenters. The van der Waals surface area contributed by atoms with Crippen molar-refractivity contribution in [1.82, 2.24) is 0 Å². The van der Waals surface area contributed by atoms with Crippen molar-refractivity contribution in [3.05, 3.63) is 33.4 Å². The van der Waals surface area contributed by atoms with Crippen LogP contribution >= 0.6 is 11.6 Å². The molecular weight excluding hydrogens is 412 g/mol. The molecule has 1 aliphatic heterocycles. The smallest absolute Gasteiger partial charge is 0.298 e. The van der Waals surface area contributed by atoms with Gasteiger partial charge in [0, 0.05) is 22.6 Å². The lowest BCUT2D eigenvalue weighted by Gasteiger charge is -2.29. The molecule has 1 aromatic carbocycles. The Morgan fingerprint density at radius 1 is 1.32 bits per heavy atom. The van der Waals surface area contributed by atoms with Crippen LogP contribution in [0.15, 0.2) is 11.1 Å². The molecule has 2 unspecified atom stereocenters. The number of ketones is 1. The summed E-state index contributed by atoms with van der Waals surface area (Å²) in [5.74, 6) is 1.09. The van der Waals surface area contributed by atoms with E-state index < -0.39 is 0 Å². The SMILES string of the molecule is CCCCC(C)/C=C\c1c(C)c(/C(CCC)=C(\C)Cl)c(OC=O)c2c1OC(C)CC2=O. The first-order valence-corrected chi connectivity index (χ1v) is 11.7. The molecule has 0 saturated heterocycles. The molecule has 1 heterocycles. The van der Waals surface area contributed by atoms with E-state index in [0.717, 1.165) is 41.5 Å². The zero-order valence-corrected chi connectivity index (χ0v) is 20.4. The fourth-order valence-electron chi connectivity index (χ4n) is 4.15. The third kappa shape index (κ3) is 5.79. The van der Waals surface area contributed by atoms with Crippen LogP contribution in [0.2, 0.25) is 0 Å². The van der Waals surface area contributed by atoms with Crippen molar-refractivity contribution >= 4 is 35.5 Å². The first-order valence-electron chi connectivity index (χ1n) is 11.3. The fourth-order valence-corrected chi connectivity index (χ4v) is 4.34. The minimum atomic E-state index is -0.237. The lowest BCUT2D eigenvalue weighted by molar-refractivity contribution is -0.120. The molecule has 2 rings (SSSR count). The zero-order valence-electron chi connectivity index (χ0n) is 19.6. The number of carbonyl (C=O) groups is 2. The van der Waals surface area contributed by atoms with Crippen LogP contribution in [0.4, 0.5) is 0 Å². The summed E-state index contributed by atoms with van der Waals surface area (Å²) in [4.78, 5) is 24.5. The average molecular weight is 447 g/mol. The summed E-state index contributed by atoms with van der Waals surface area (Å²) in [5, 5.41) is 0.629. The van der Waals surface area contributed by atoms with Gasteiger partial charge in [0.15, 0.2) is 11.5 Å². The summed E-state index contributed by atoms with van der Waals surface area (Å²) >= 11 is 6.48. The number of allylic oxidation sites excluding steroid dienone is 3. The summed E-state index contributed by atoms with van der Waals surface area (Å²) in [5.41, 5.74) is 3.73. The lowest BCUT2D eigenvalue weighted by Crippen LogP contribution is -2.26. The Morgan fingerprint density at radius 3 is 2.61 bits per heavy atom. The number of unbranched alkanes of at least 4 members (excludes halogenated alkanes) is 1. The monoisotopic (exact) mass is 446 g/mol. The maximum atomic E-state index is 13.1. The van der Waals surface area contributed by atoms with Crippen molar-refractivity contribution in [2.24, 2.45) is 5.92 Å². The standard InChI is InChI=1S/C26H35ClO4/c1-7-9-11-16(3)12-13-20-18(5)23(21(10-8-2)19(6)27)26(30-15-28)24-22(29)14-17(4)31-25(20)24/h12-13,15-17H,7-11,14H2,1-6H3/b13-12-,21-19+. The number of benzene rings is 1. The van der Waals surface area contributed by atoms with E-state index in [-0.39, 0.29) is 24.1 Å². The van der Waals surface area contributed by atoms with Crippen molar-refractivity contribution < 1.29 is 19.1 Å². The number of hydrogen-bond acceptors (Lipinski definition) is 4. The van der Waals surface area contributed by atoms with Crippen LogP contribution in [0.3, 0.4) is 0 Å². The number of carbonyl (C=O) groups excluding carboxylic acids is 2. The van der Waals surface area contributed by atoms with Crippen LogP contribution < -0.4 is 9.47 Å². The van der Waals surface area contributed by atoms with E-state index in [1.165, 1.54) is 6.42 Å². The van der Waals surface area contributed by atoms with E-state index in [1.54, 1.807) is 0 Å². The van der Waals surface area contributed by atoms with Crippen LogP contribution in [0.25, 0.3) is 11.6 Å². The summed E-state index contributed by atoms with van der Waals surface area (Å²) in [6, 6.07) is 0. The molecule has 4 nitrogen and oxygen atoms in total. The fraction of sp³-hybridized carbons (Fsp3) is 0.538. The largest absolute Gasteiger partial charge is 0.489 e. The molecule has 1 aromatic rings. The quantitative estimate of drug-likeness (QED) is 0.349. The van der Waals surface area contributed by atoms with Gasteiger partial charge in [-0.25, -0.2) is 0 Å². The second kappa shape index (κ2) is 11.5. The Bertz CT molecular complexity index is 878. The first kappa shape index (κ1) is 25.2. The topological polar surface area (TPSA) is 52.6 Å². The third-order valence-corrected chi connectivity index (χ3v) is 5.99. The van der Waals surface area contributed by atoms with Gasteiger partial charge in [-0.15, -0.1) is 0 Å². The maximum Gasteiger partial charge on any atom is 0.298 e. The summed E-state index contributed by atoms with van der Waals surface area (Å²) in [6.07, 6.45) is 9.25. The van der Waals surface area contributed by atoms with Gasteiger partial charge in [0.25, 0.3) is 6.47 Å². The number of fused-ring (bicyclic) bond motifs is 1. The highest BCUT2D eigenvalue weighted by Gasteiger charge is 2.34. The Morgan fingerprint density at radius 2 is 2.03 bits per heavy atom. The molecule has 0 radical (unpaired) electrons. The molecule has 0 aliphatic carbocycles. The molecule has 5 heteroatoms. The van der Waals surface area contributed by atoms with Gasteiger partial charge in [-0.05, 0) is 50.7 Å². The minimum Gasteiger partial charge on any atom is -0.489 e. The van der Waals surface area contributed by atoms with E-state index in [9.17, 15) is 9.59 Å². The summed E-state index contributed by atoms with van der Waals surface area (Å²) in [7, 11) is 0. The normalized spacial score (nSPS) is 17.8. The third-order valence-electron chi connectivity index (χ3n) is 5.76. The maximum absolute atomic E-state index is 13.1. The number of rotatable bonds is 10. The Balaban J connectivity index is 2.83. The first-order chi connectivity index (χ1) is 14.8. The molecule has 0 bridgehead atoms. The lowest BCUT2D eigenvalue weighted by atomic mass is 9.85. The van der Waals surface area contributed by atoms with Crippen LogP contribution in [-0.4, -0.2) is 18.4 Å². The van der Waals surface area contributed by atoms with Crippen LogP contribution in [-0.2, 0) is 4.79 Å². The highest BCUT2D eigenvalue weighted by molar-refractivity contribution is 6.32. The molecule has 170 valence electrons. The number of ether oxygens (including phenoxy) is 2. The van der Waals surface area contributed by atoms with Crippen molar-refractivity contribution in [3.8, 4) is 11.5 Å². The van der Waals surface area contributed by atoms with Gasteiger partial charge in [0.2, 0.25) is 0 Å². The predicted octanol–water partition coefficient (Wildman–Crippen LogP) is 7.49. The van der Waals surface area contributed by atoms with Gasteiger partial charge in [-0.1, -0.05) is 63.8 Å². The predicted molar refractivity (Wildman–Crippen MR) is 128 cm³/mol. The van der Waals surface area contributed by atoms with E-state index in [2.05, 4.69) is 32.9 Å². The van der Waals surface area contributed by atoms with Gasteiger partial charge in [0.1, 0.15) is 17.4 Å². The zero-order chi connectivity index (χ0) is 23.1. The second-order valence-electron chi connectivity index (χ2n) is 8.46. The van der Waals surface area contributed by atoms with E-state index >= 15 is 0 Å². The molecule has 0 saturated carbocycles. The van der Waals surface area contributed by atoms with E-state index in [1.807, 2.05) is 20.8 Å². The van der Waals surface area contributed by atoms with Crippen molar-refractivity contribution in [2.45, 2.75) is 86.2 Å². The number of hydrogen-bond donors (Lipinski definition) is 0. The van der Waals surface area contributed by atoms with Crippen molar-refractivity contribution in [2.75, 3.05) is 0 Å². The summed E-state index contributed by atoms with van der Waals surface area (Å²) in [6.45, 7) is 12.5. The van der Waals surface area contributed by atoms with Gasteiger partial charge >= 0.3 is 0 Å². The summed E-state index contributed by atoms with van der Waals surface area (Å²) < 4.78 is 11.6. The van der Waals surface area contributed by atoms with Gasteiger partial charge < -0.3 is 9.47 Å². The molecule has 0 spiro atoms. The van der Waals surface area contributed by atoms with Crippen LogP contribution in [0.5, 0.6) is 11.5 Å². The molecular formula is C26H35ClO4. The van der Waals surface area contributed by atoms with E-state index in [4.69, 9.17) is 21.1 Å². The molecule has 1 aliphatic rings. The molecule has 0 amide bonds. The number of halogens is 1. The Hall–Kier alpha value is -2.07. The van der Waals surface area contributed by atoms with Crippen molar-refractivity contribution in [1.29, 1.82) is 0 Å². The molecule has 0 aromatic heterocycles. The van der Waals surface area contributed by atoms with Gasteiger partial charge in [-0.2, -0.15) is 0 Å². The van der Waals surface area contributed by atoms with Crippen LogP contribution in [0.1, 0.15) is 100 Å². The number of Topliss-reactive ketones (excluding diaryl/α,β-unsaturated/α-hetero) is 1. The Kier molecular flexibility index (Phi) is 9.36.